The van der Waals surface area contributed by atoms with E-state index in [1.807, 2.05) is 20.9 Å². The number of nitrogens with zero attached hydrogens (tertiary/aromatic N) is 2. The first-order valence-corrected chi connectivity index (χ1v) is 9.34. The third-order valence-corrected chi connectivity index (χ3v) is 5.11. The van der Waals surface area contributed by atoms with Crippen LogP contribution in [0.5, 0.6) is 0 Å². The lowest BCUT2D eigenvalue weighted by Gasteiger charge is -2.34. The van der Waals surface area contributed by atoms with Crippen molar-refractivity contribution >= 4 is 11.9 Å². The molecule has 1 saturated carbocycles. The number of ether oxygens (including phenoxy) is 2. The topological polar surface area (TPSA) is 63.2 Å². The first-order valence-electron chi connectivity index (χ1n) is 9.34. The number of hydrogen-bond acceptors (Lipinski definition) is 4. The quantitative estimate of drug-likeness (QED) is 0.317. The van der Waals surface area contributed by atoms with Gasteiger partial charge in [0.2, 0.25) is 0 Å². The molecular weight excluding hydrogens is 306 g/mol. The van der Waals surface area contributed by atoms with Gasteiger partial charge < -0.3 is 19.7 Å². The Kier molecular flexibility index (Phi) is 7.34. The average molecular weight is 339 g/mol. The predicted octanol–water partition coefficient (Wildman–Crippen LogP) is 2.04. The van der Waals surface area contributed by atoms with Crippen LogP contribution in [0.25, 0.3) is 0 Å². The van der Waals surface area contributed by atoms with Gasteiger partial charge in [0.25, 0.3) is 0 Å². The second kappa shape index (κ2) is 9.25. The van der Waals surface area contributed by atoms with Crippen LogP contribution in [0.1, 0.15) is 46.0 Å². The lowest BCUT2D eigenvalue weighted by Crippen LogP contribution is -2.49. The fourth-order valence-corrected chi connectivity index (χ4v) is 3.35. The molecule has 1 aliphatic carbocycles. The zero-order valence-corrected chi connectivity index (χ0v) is 15.5. The fraction of sp³-hybridized carbons (Fsp3) is 0.889. The Hall–Kier alpha value is -1.30. The molecule has 0 bridgehead atoms. The third-order valence-electron chi connectivity index (χ3n) is 5.11. The van der Waals surface area contributed by atoms with Crippen molar-refractivity contribution in [1.82, 2.24) is 10.2 Å². The standard InChI is InChI=1S/C18H33N3O3/c1-4-23-12-10-18(8-9-18)14-20-17(19-3)21-11-6-7-15(13-21)16(22)24-5-2/h15H,4-14H2,1-3H3,(H,19,20). The molecular formula is C18H33N3O3. The van der Waals surface area contributed by atoms with Crippen LogP contribution in [0.3, 0.4) is 0 Å². The molecule has 0 spiro atoms. The average Bonchev–Trinajstić information content (AvgIpc) is 3.36. The molecule has 1 aliphatic heterocycles. The monoisotopic (exact) mass is 339 g/mol. The lowest BCUT2D eigenvalue weighted by atomic mass is 9.98. The number of rotatable bonds is 8. The van der Waals surface area contributed by atoms with Crippen LogP contribution in [0.15, 0.2) is 4.99 Å². The summed E-state index contributed by atoms with van der Waals surface area (Å²) in [6.45, 7) is 8.55. The molecule has 24 heavy (non-hydrogen) atoms. The summed E-state index contributed by atoms with van der Waals surface area (Å²) in [6, 6.07) is 0. The van der Waals surface area contributed by atoms with Crippen molar-refractivity contribution in [3.8, 4) is 0 Å². The summed E-state index contributed by atoms with van der Waals surface area (Å²) in [7, 11) is 1.82. The van der Waals surface area contributed by atoms with Gasteiger partial charge in [-0.1, -0.05) is 0 Å². The summed E-state index contributed by atoms with van der Waals surface area (Å²) in [6.07, 6.45) is 5.53. The number of esters is 1. The third kappa shape index (κ3) is 5.36. The molecule has 1 heterocycles. The van der Waals surface area contributed by atoms with Crippen LogP contribution in [-0.4, -0.2) is 63.3 Å². The normalized spacial score (nSPS) is 23.0. The second-order valence-corrected chi connectivity index (χ2v) is 6.88. The maximum absolute atomic E-state index is 12.0. The minimum absolute atomic E-state index is 0.0370. The molecule has 1 saturated heterocycles. The Balaban J connectivity index is 1.82. The van der Waals surface area contributed by atoms with E-state index in [2.05, 4.69) is 15.2 Å². The number of guanidine groups is 1. The van der Waals surface area contributed by atoms with E-state index in [1.165, 1.54) is 12.8 Å². The van der Waals surface area contributed by atoms with Crippen molar-refractivity contribution < 1.29 is 14.3 Å². The molecule has 0 radical (unpaired) electrons. The molecule has 6 nitrogen and oxygen atoms in total. The van der Waals surface area contributed by atoms with Gasteiger partial charge in [0.15, 0.2) is 5.96 Å². The van der Waals surface area contributed by atoms with Gasteiger partial charge in [0.1, 0.15) is 0 Å². The van der Waals surface area contributed by atoms with Crippen molar-refractivity contribution in [2.24, 2.45) is 16.3 Å². The van der Waals surface area contributed by atoms with Crippen LogP contribution in [-0.2, 0) is 14.3 Å². The zero-order chi connectivity index (χ0) is 17.4. The molecule has 1 N–H and O–H groups in total. The molecule has 1 atom stereocenters. The van der Waals surface area contributed by atoms with E-state index in [9.17, 15) is 4.79 Å². The summed E-state index contributed by atoms with van der Waals surface area (Å²) in [4.78, 5) is 18.6. The number of hydrogen-bond donors (Lipinski definition) is 1. The molecule has 2 aliphatic rings. The highest BCUT2D eigenvalue weighted by atomic mass is 16.5. The van der Waals surface area contributed by atoms with Crippen LogP contribution in [0.2, 0.25) is 0 Å². The molecule has 1 unspecified atom stereocenters. The van der Waals surface area contributed by atoms with Gasteiger partial charge in [0.05, 0.1) is 12.5 Å². The molecule has 0 aromatic carbocycles. The number of carbonyl (C=O) groups is 1. The van der Waals surface area contributed by atoms with Gasteiger partial charge in [-0.3, -0.25) is 9.79 Å². The molecule has 0 aromatic rings. The van der Waals surface area contributed by atoms with Gasteiger partial charge in [-0.05, 0) is 51.4 Å². The summed E-state index contributed by atoms with van der Waals surface area (Å²) in [5, 5.41) is 3.53. The van der Waals surface area contributed by atoms with Crippen LogP contribution in [0.4, 0.5) is 0 Å². The Morgan fingerprint density at radius 1 is 1.33 bits per heavy atom. The SMILES string of the molecule is CCOCCC1(CNC(=NC)N2CCCC(C(=O)OCC)C2)CC1. The molecule has 6 heteroatoms. The Bertz CT molecular complexity index is 435. The van der Waals surface area contributed by atoms with Gasteiger partial charge in [-0.15, -0.1) is 0 Å². The predicted molar refractivity (Wildman–Crippen MR) is 95.1 cm³/mol. The lowest BCUT2D eigenvalue weighted by molar-refractivity contribution is -0.149. The van der Waals surface area contributed by atoms with E-state index in [4.69, 9.17) is 9.47 Å². The number of nitrogens with one attached hydrogen (secondary N) is 1. The maximum atomic E-state index is 12.0. The summed E-state index contributed by atoms with van der Waals surface area (Å²) < 4.78 is 10.7. The molecule has 0 aromatic heterocycles. The van der Waals surface area contributed by atoms with Gasteiger partial charge in [0, 0.05) is 39.9 Å². The highest BCUT2D eigenvalue weighted by molar-refractivity contribution is 5.81. The Morgan fingerprint density at radius 3 is 2.75 bits per heavy atom. The zero-order valence-electron chi connectivity index (χ0n) is 15.5. The van der Waals surface area contributed by atoms with Crippen LogP contribution in [0, 0.1) is 11.3 Å². The molecule has 2 fully saturated rings. The number of aliphatic imine (C=N–C) groups is 1. The van der Waals surface area contributed by atoms with Gasteiger partial charge in [-0.2, -0.15) is 0 Å². The minimum Gasteiger partial charge on any atom is -0.466 e. The van der Waals surface area contributed by atoms with Gasteiger partial charge in [-0.25, -0.2) is 0 Å². The highest BCUT2D eigenvalue weighted by Crippen LogP contribution is 2.48. The van der Waals surface area contributed by atoms with Crippen molar-refractivity contribution in [3.63, 3.8) is 0 Å². The van der Waals surface area contributed by atoms with E-state index in [1.54, 1.807) is 0 Å². The van der Waals surface area contributed by atoms with E-state index in [0.717, 1.165) is 51.5 Å². The van der Waals surface area contributed by atoms with E-state index in [0.29, 0.717) is 18.6 Å². The Morgan fingerprint density at radius 2 is 2.12 bits per heavy atom. The van der Waals surface area contributed by atoms with E-state index >= 15 is 0 Å². The molecule has 0 amide bonds. The van der Waals surface area contributed by atoms with E-state index in [-0.39, 0.29) is 11.9 Å². The van der Waals surface area contributed by atoms with Crippen molar-refractivity contribution in [1.29, 1.82) is 0 Å². The molecule has 2 rings (SSSR count). The Labute approximate surface area is 146 Å². The summed E-state index contributed by atoms with van der Waals surface area (Å²) >= 11 is 0. The smallest absolute Gasteiger partial charge is 0.310 e. The van der Waals surface area contributed by atoms with Crippen molar-refractivity contribution in [3.05, 3.63) is 0 Å². The first kappa shape index (κ1) is 19.0. The maximum Gasteiger partial charge on any atom is 0.310 e. The van der Waals surface area contributed by atoms with Crippen LogP contribution >= 0.6 is 0 Å². The van der Waals surface area contributed by atoms with Gasteiger partial charge >= 0.3 is 5.97 Å². The number of likely N-dealkylation sites (tertiary alicyclic amines) is 1. The first-order chi connectivity index (χ1) is 11.6. The van der Waals surface area contributed by atoms with Crippen molar-refractivity contribution in [2.45, 2.75) is 46.0 Å². The second-order valence-electron chi connectivity index (χ2n) is 6.88. The fourth-order valence-electron chi connectivity index (χ4n) is 3.35. The minimum atomic E-state index is -0.0759. The highest BCUT2D eigenvalue weighted by Gasteiger charge is 2.42. The van der Waals surface area contributed by atoms with Crippen molar-refractivity contribution in [2.75, 3.05) is 46.5 Å². The number of piperidine rings is 1. The summed E-state index contributed by atoms with van der Waals surface area (Å²) in [5.41, 5.74) is 0.376. The largest absolute Gasteiger partial charge is 0.466 e. The molecule has 138 valence electrons. The summed E-state index contributed by atoms with van der Waals surface area (Å²) in [5.74, 6) is 0.796. The number of carbonyl (C=O) groups excluding carboxylic acids is 1. The van der Waals surface area contributed by atoms with E-state index < -0.39 is 0 Å². The van der Waals surface area contributed by atoms with Crippen LogP contribution < -0.4 is 5.32 Å².